The standard InChI is InChI=1S/C13H20N5O9P/c1-5(19)17-4-18(10-7(17)11(21)16-13(14)15-10)12-9(25-2)8(20)6(27-12)3-26-28(22,23)24/h6,8-9,12,20H,3-4H2,1-2H3,(H2,22,23,24)(H3,14,15,16,21)/t6-,8-,9-,12-/m1/s1. The molecule has 14 nitrogen and oxygen atoms in total. The molecule has 156 valence electrons. The number of rotatable bonds is 5. The van der Waals surface area contributed by atoms with Crippen LogP contribution in [0.2, 0.25) is 0 Å². The van der Waals surface area contributed by atoms with Crippen molar-refractivity contribution in [3.63, 3.8) is 0 Å². The fourth-order valence-corrected chi connectivity index (χ4v) is 3.54. The van der Waals surface area contributed by atoms with E-state index in [4.69, 9.17) is 25.0 Å². The van der Waals surface area contributed by atoms with Crippen LogP contribution in [0.3, 0.4) is 0 Å². The minimum Gasteiger partial charge on any atom is -0.387 e. The smallest absolute Gasteiger partial charge is 0.387 e. The van der Waals surface area contributed by atoms with E-state index < -0.39 is 50.4 Å². The van der Waals surface area contributed by atoms with Gasteiger partial charge in [0.1, 0.15) is 25.0 Å². The van der Waals surface area contributed by atoms with E-state index in [1.54, 1.807) is 0 Å². The number of nitrogens with zero attached hydrogens (tertiary/aromatic N) is 3. The Hall–Kier alpha value is -2.06. The van der Waals surface area contributed by atoms with Crippen LogP contribution in [0, 0.1) is 0 Å². The highest BCUT2D eigenvalue weighted by Crippen LogP contribution is 2.40. The van der Waals surface area contributed by atoms with Gasteiger partial charge in [0.05, 0.1) is 6.61 Å². The Bertz CT molecular complexity index is 872. The SMILES string of the molecule is CO[C@@H]1[C@H](O)[C@@H](COP(=O)(O)O)O[C@H]1N1CN(C(C)=O)c2c1nc(N)[nH]c2=O. The summed E-state index contributed by atoms with van der Waals surface area (Å²) in [5, 5.41) is 10.4. The lowest BCUT2D eigenvalue weighted by atomic mass is 10.1. The topological polar surface area (TPSA) is 201 Å². The molecule has 1 amide bonds. The Morgan fingerprint density at radius 1 is 1.50 bits per heavy atom. The fraction of sp³-hybridized carbons (Fsp3) is 0.615. The molecule has 3 rings (SSSR count). The van der Waals surface area contributed by atoms with Crippen LogP contribution in [0.15, 0.2) is 4.79 Å². The van der Waals surface area contributed by atoms with Crippen LogP contribution in [0.4, 0.5) is 17.5 Å². The maximum atomic E-state index is 12.3. The minimum atomic E-state index is -4.78. The fourth-order valence-electron chi connectivity index (χ4n) is 3.20. The first-order valence-electron chi connectivity index (χ1n) is 8.04. The van der Waals surface area contributed by atoms with Crippen molar-refractivity contribution in [3.05, 3.63) is 10.4 Å². The van der Waals surface area contributed by atoms with Gasteiger partial charge in [0, 0.05) is 14.0 Å². The van der Waals surface area contributed by atoms with Crippen LogP contribution in [0.5, 0.6) is 0 Å². The second kappa shape index (κ2) is 7.40. The van der Waals surface area contributed by atoms with Gasteiger partial charge in [0.2, 0.25) is 11.9 Å². The first-order valence-corrected chi connectivity index (χ1v) is 9.57. The summed E-state index contributed by atoms with van der Waals surface area (Å²) in [4.78, 5) is 50.9. The second-order valence-electron chi connectivity index (χ2n) is 6.22. The maximum Gasteiger partial charge on any atom is 0.469 e. The van der Waals surface area contributed by atoms with Crippen LogP contribution in [-0.4, -0.2) is 75.7 Å². The molecule has 0 aromatic carbocycles. The Morgan fingerprint density at radius 2 is 2.18 bits per heavy atom. The van der Waals surface area contributed by atoms with Crippen LogP contribution < -0.4 is 21.1 Å². The van der Waals surface area contributed by atoms with Gasteiger partial charge in [-0.1, -0.05) is 0 Å². The average Bonchev–Trinajstić information content (AvgIpc) is 3.10. The van der Waals surface area contributed by atoms with Gasteiger partial charge in [-0.2, -0.15) is 4.98 Å². The van der Waals surface area contributed by atoms with E-state index in [1.165, 1.54) is 18.9 Å². The number of nitrogens with one attached hydrogen (secondary N) is 1. The molecule has 0 radical (unpaired) electrons. The van der Waals surface area contributed by atoms with Crippen LogP contribution in [0.1, 0.15) is 6.92 Å². The monoisotopic (exact) mass is 421 g/mol. The number of phosphoric acid groups is 1. The first-order chi connectivity index (χ1) is 13.0. The Balaban J connectivity index is 1.93. The number of hydrogen-bond donors (Lipinski definition) is 5. The highest BCUT2D eigenvalue weighted by Gasteiger charge is 2.50. The number of amides is 1. The molecule has 15 heteroatoms. The number of nitrogens with two attached hydrogens (primary N) is 1. The predicted molar refractivity (Wildman–Crippen MR) is 93.2 cm³/mol. The molecule has 6 N–H and O–H groups in total. The van der Waals surface area contributed by atoms with E-state index in [0.717, 1.165) is 4.90 Å². The zero-order chi connectivity index (χ0) is 20.8. The van der Waals surface area contributed by atoms with Crippen molar-refractivity contribution in [2.24, 2.45) is 0 Å². The molecule has 0 bridgehead atoms. The van der Waals surface area contributed by atoms with E-state index in [2.05, 4.69) is 14.5 Å². The van der Waals surface area contributed by atoms with E-state index in [-0.39, 0.29) is 24.1 Å². The number of ether oxygens (including phenoxy) is 2. The number of phosphoric ester groups is 1. The van der Waals surface area contributed by atoms with Crippen molar-refractivity contribution < 1.29 is 38.3 Å². The van der Waals surface area contributed by atoms with Crippen molar-refractivity contribution in [3.8, 4) is 0 Å². The number of aromatic amines is 1. The Kier molecular flexibility index (Phi) is 5.46. The summed E-state index contributed by atoms with van der Waals surface area (Å²) >= 11 is 0. The van der Waals surface area contributed by atoms with Gasteiger partial charge in [-0.25, -0.2) is 4.57 Å². The van der Waals surface area contributed by atoms with Crippen molar-refractivity contribution in [1.29, 1.82) is 0 Å². The summed E-state index contributed by atoms with van der Waals surface area (Å²) in [5.41, 5.74) is 4.94. The third-order valence-corrected chi connectivity index (χ3v) is 4.90. The lowest BCUT2D eigenvalue weighted by Crippen LogP contribution is -2.47. The molecule has 1 saturated heterocycles. The number of aliphatic hydroxyl groups is 1. The number of fused-ring (bicyclic) bond motifs is 1. The van der Waals surface area contributed by atoms with E-state index in [1.807, 2.05) is 0 Å². The molecule has 1 aromatic heterocycles. The van der Waals surface area contributed by atoms with Gasteiger partial charge in [-0.05, 0) is 0 Å². The Labute approximate surface area is 158 Å². The van der Waals surface area contributed by atoms with Gasteiger partial charge in [0.25, 0.3) is 5.56 Å². The van der Waals surface area contributed by atoms with Gasteiger partial charge < -0.3 is 35.0 Å². The zero-order valence-electron chi connectivity index (χ0n) is 14.9. The molecule has 0 spiro atoms. The maximum absolute atomic E-state index is 12.3. The molecule has 3 heterocycles. The number of anilines is 3. The number of hydrogen-bond acceptors (Lipinski definition) is 10. The highest BCUT2D eigenvalue weighted by atomic mass is 31.2. The van der Waals surface area contributed by atoms with Crippen LogP contribution in [0.25, 0.3) is 0 Å². The first kappa shape index (κ1) is 20.7. The number of carbonyl (C=O) groups is 1. The normalized spacial score (nSPS) is 27.3. The number of H-pyrrole nitrogens is 1. The minimum absolute atomic E-state index is 0.0374. The van der Waals surface area contributed by atoms with E-state index in [9.17, 15) is 19.3 Å². The second-order valence-corrected chi connectivity index (χ2v) is 7.46. The number of nitrogen functional groups attached to an aromatic ring is 1. The third-order valence-electron chi connectivity index (χ3n) is 4.41. The molecule has 1 fully saturated rings. The van der Waals surface area contributed by atoms with Gasteiger partial charge >= 0.3 is 7.82 Å². The summed E-state index contributed by atoms with van der Waals surface area (Å²) in [7, 11) is -3.48. The van der Waals surface area contributed by atoms with Crippen molar-refractivity contribution >= 4 is 31.2 Å². The van der Waals surface area contributed by atoms with Crippen molar-refractivity contribution in [1.82, 2.24) is 9.97 Å². The molecule has 2 aliphatic rings. The van der Waals surface area contributed by atoms with E-state index in [0.29, 0.717) is 0 Å². The largest absolute Gasteiger partial charge is 0.469 e. The van der Waals surface area contributed by atoms with Crippen molar-refractivity contribution in [2.45, 2.75) is 31.5 Å². The summed E-state index contributed by atoms with van der Waals surface area (Å²) < 4.78 is 26.3. The van der Waals surface area contributed by atoms with Crippen LogP contribution >= 0.6 is 7.82 Å². The third kappa shape index (κ3) is 3.75. The summed E-state index contributed by atoms with van der Waals surface area (Å²) in [5.74, 6) is -0.574. The average molecular weight is 421 g/mol. The lowest BCUT2D eigenvalue weighted by molar-refractivity contribution is -0.116. The molecular weight excluding hydrogens is 401 g/mol. The highest BCUT2D eigenvalue weighted by molar-refractivity contribution is 7.46. The molecular formula is C13H20N5O9P. The molecule has 0 unspecified atom stereocenters. The molecule has 1 aromatic rings. The number of aromatic nitrogens is 2. The van der Waals surface area contributed by atoms with Gasteiger partial charge in [-0.15, -0.1) is 0 Å². The van der Waals surface area contributed by atoms with Gasteiger partial charge in [0.15, 0.2) is 17.7 Å². The summed E-state index contributed by atoms with van der Waals surface area (Å²) in [6.45, 7) is 0.523. The molecule has 2 aliphatic heterocycles. The molecule has 0 saturated carbocycles. The lowest BCUT2D eigenvalue weighted by Gasteiger charge is -2.29. The summed E-state index contributed by atoms with van der Waals surface area (Å²) in [6, 6.07) is 0. The zero-order valence-corrected chi connectivity index (χ0v) is 15.8. The Morgan fingerprint density at radius 3 is 2.75 bits per heavy atom. The van der Waals surface area contributed by atoms with Crippen molar-refractivity contribution in [2.75, 3.05) is 35.9 Å². The molecule has 0 aliphatic carbocycles. The number of carbonyl (C=O) groups excluding carboxylic acids is 1. The molecule has 4 atom stereocenters. The quantitative estimate of drug-likeness (QED) is 0.319. The van der Waals surface area contributed by atoms with Crippen LogP contribution in [-0.2, 0) is 23.4 Å². The number of aliphatic hydroxyl groups excluding tert-OH is 1. The molecule has 28 heavy (non-hydrogen) atoms. The predicted octanol–water partition coefficient (Wildman–Crippen LogP) is -2.31. The number of methoxy groups -OCH3 is 1. The summed E-state index contributed by atoms with van der Waals surface area (Å²) in [6.07, 6.45) is -4.48. The van der Waals surface area contributed by atoms with E-state index >= 15 is 0 Å². The van der Waals surface area contributed by atoms with Gasteiger partial charge in [-0.3, -0.25) is 24.0 Å².